The van der Waals surface area contributed by atoms with E-state index >= 15 is 0 Å². The molecule has 0 aliphatic carbocycles. The van der Waals surface area contributed by atoms with Crippen molar-refractivity contribution in [3.63, 3.8) is 0 Å². The zero-order valence-electron chi connectivity index (χ0n) is 18.1. The first kappa shape index (κ1) is 23.4. The fraction of sp³-hybridized carbons (Fsp3) is 0.160. The van der Waals surface area contributed by atoms with Gasteiger partial charge in [0.05, 0.1) is 22.3 Å². The summed E-state index contributed by atoms with van der Waals surface area (Å²) in [5, 5.41) is 4.88. The molecule has 0 unspecified atom stereocenters. The number of aromatic nitrogens is 2. The van der Waals surface area contributed by atoms with E-state index in [9.17, 15) is 9.59 Å². The molecule has 0 aliphatic heterocycles. The van der Waals surface area contributed by atoms with Gasteiger partial charge in [-0.1, -0.05) is 59.2 Å². The van der Waals surface area contributed by atoms with Crippen LogP contribution >= 0.6 is 35.0 Å². The topological polar surface area (TPSA) is 64.0 Å². The molecule has 0 bridgehead atoms. The number of carbonyl (C=O) groups excluding carboxylic acids is 1. The lowest BCUT2D eigenvalue weighted by Crippen LogP contribution is -2.26. The van der Waals surface area contributed by atoms with E-state index in [1.165, 1.54) is 11.8 Å². The van der Waals surface area contributed by atoms with E-state index in [4.69, 9.17) is 23.2 Å². The summed E-state index contributed by atoms with van der Waals surface area (Å²) in [5.41, 5.74) is 4.13. The van der Waals surface area contributed by atoms with Gasteiger partial charge in [-0.25, -0.2) is 4.98 Å². The molecule has 0 aliphatic rings. The van der Waals surface area contributed by atoms with Crippen LogP contribution in [0.4, 0.5) is 0 Å². The number of rotatable bonds is 6. The summed E-state index contributed by atoms with van der Waals surface area (Å²) in [6, 6.07) is 18.2. The smallest absolute Gasteiger partial charge is 0.266 e. The van der Waals surface area contributed by atoms with E-state index in [1.807, 2.05) is 44.2 Å². The van der Waals surface area contributed by atoms with Crippen LogP contribution in [0.5, 0.6) is 0 Å². The Hall–Kier alpha value is -2.80. The average Bonchev–Trinajstić information content (AvgIpc) is 2.79. The third kappa shape index (κ3) is 5.24. The maximum atomic E-state index is 13.3. The van der Waals surface area contributed by atoms with Gasteiger partial charge in [0.25, 0.3) is 5.56 Å². The first-order chi connectivity index (χ1) is 15.8. The molecule has 5 nitrogen and oxygen atoms in total. The molecule has 4 aromatic rings. The number of carbonyl (C=O) groups is 1. The standard InChI is InChI=1S/C25H21Cl2N3O2S/c1-15-7-10-19(11-16(15)2)30-24(32)20-5-3-4-6-22(20)29-25(30)33-14-23(31)28-13-17-8-9-18(26)12-21(17)27/h3-12H,13-14H2,1-2H3,(H,28,31). The summed E-state index contributed by atoms with van der Waals surface area (Å²) in [7, 11) is 0. The van der Waals surface area contributed by atoms with E-state index in [1.54, 1.807) is 34.9 Å². The molecule has 0 saturated carbocycles. The molecule has 0 spiro atoms. The number of amides is 1. The van der Waals surface area contributed by atoms with Gasteiger partial charge < -0.3 is 5.32 Å². The van der Waals surface area contributed by atoms with Crippen LogP contribution in [0.1, 0.15) is 16.7 Å². The third-order valence-electron chi connectivity index (χ3n) is 5.32. The zero-order chi connectivity index (χ0) is 23.5. The van der Waals surface area contributed by atoms with Gasteiger partial charge >= 0.3 is 0 Å². The fourth-order valence-corrected chi connectivity index (χ4v) is 4.66. The summed E-state index contributed by atoms with van der Waals surface area (Å²) >= 11 is 13.3. The quantitative estimate of drug-likeness (QED) is 0.273. The highest BCUT2D eigenvalue weighted by atomic mass is 35.5. The lowest BCUT2D eigenvalue weighted by atomic mass is 10.1. The maximum Gasteiger partial charge on any atom is 0.266 e. The average molecular weight is 498 g/mol. The summed E-state index contributed by atoms with van der Waals surface area (Å²) in [4.78, 5) is 30.6. The molecule has 0 saturated heterocycles. The van der Waals surface area contributed by atoms with E-state index in [2.05, 4.69) is 10.3 Å². The second-order valence-corrected chi connectivity index (χ2v) is 9.41. The minimum atomic E-state index is -0.194. The highest BCUT2D eigenvalue weighted by Gasteiger charge is 2.15. The zero-order valence-corrected chi connectivity index (χ0v) is 20.4. The molecule has 0 atom stereocenters. The molecule has 168 valence electrons. The number of para-hydroxylation sites is 1. The van der Waals surface area contributed by atoms with Gasteiger partial charge in [-0.3, -0.25) is 14.2 Å². The normalized spacial score (nSPS) is 11.0. The minimum Gasteiger partial charge on any atom is -0.351 e. The molecule has 4 rings (SSSR count). The van der Waals surface area contributed by atoms with E-state index in [0.29, 0.717) is 26.1 Å². The van der Waals surface area contributed by atoms with E-state index in [0.717, 1.165) is 22.4 Å². The van der Waals surface area contributed by atoms with Gasteiger partial charge in [0.15, 0.2) is 5.16 Å². The Morgan fingerprint density at radius 1 is 1.03 bits per heavy atom. The summed E-state index contributed by atoms with van der Waals surface area (Å²) in [6.45, 7) is 4.30. The van der Waals surface area contributed by atoms with Crippen molar-refractivity contribution in [2.45, 2.75) is 25.5 Å². The van der Waals surface area contributed by atoms with Crippen LogP contribution in [0, 0.1) is 13.8 Å². The third-order valence-corrected chi connectivity index (χ3v) is 6.84. The molecule has 1 N–H and O–H groups in total. The van der Waals surface area contributed by atoms with Gasteiger partial charge in [0.2, 0.25) is 5.91 Å². The van der Waals surface area contributed by atoms with Crippen LogP contribution in [0.3, 0.4) is 0 Å². The predicted octanol–water partition coefficient (Wildman–Crippen LogP) is 5.72. The fourth-order valence-electron chi connectivity index (χ4n) is 3.34. The van der Waals surface area contributed by atoms with Crippen molar-refractivity contribution in [2.24, 2.45) is 0 Å². The molecule has 8 heteroatoms. The molecule has 3 aromatic carbocycles. The Balaban J connectivity index is 1.60. The number of thioether (sulfide) groups is 1. The van der Waals surface area contributed by atoms with Crippen molar-refractivity contribution >= 4 is 51.8 Å². The molecule has 0 fully saturated rings. The molecule has 1 aromatic heterocycles. The lowest BCUT2D eigenvalue weighted by molar-refractivity contribution is -0.118. The van der Waals surface area contributed by atoms with Crippen molar-refractivity contribution in [1.29, 1.82) is 0 Å². The van der Waals surface area contributed by atoms with Crippen LogP contribution in [-0.2, 0) is 11.3 Å². The molecular weight excluding hydrogens is 477 g/mol. The second kappa shape index (κ2) is 10.00. The van der Waals surface area contributed by atoms with Gasteiger partial charge in [-0.2, -0.15) is 0 Å². The van der Waals surface area contributed by atoms with Gasteiger partial charge in [0, 0.05) is 16.6 Å². The monoisotopic (exact) mass is 497 g/mol. The maximum absolute atomic E-state index is 13.3. The Morgan fingerprint density at radius 2 is 1.82 bits per heavy atom. The van der Waals surface area contributed by atoms with Crippen LogP contribution in [0.2, 0.25) is 10.0 Å². The van der Waals surface area contributed by atoms with Crippen LogP contribution < -0.4 is 10.9 Å². The molecule has 33 heavy (non-hydrogen) atoms. The van der Waals surface area contributed by atoms with Crippen LogP contribution in [0.15, 0.2) is 70.6 Å². The molecule has 1 amide bonds. The Kier molecular flexibility index (Phi) is 7.08. The van der Waals surface area contributed by atoms with Crippen molar-refractivity contribution in [3.05, 3.63) is 97.8 Å². The number of aryl methyl sites for hydroxylation is 2. The van der Waals surface area contributed by atoms with E-state index in [-0.39, 0.29) is 23.8 Å². The largest absolute Gasteiger partial charge is 0.351 e. The number of nitrogens with one attached hydrogen (secondary N) is 1. The summed E-state index contributed by atoms with van der Waals surface area (Å²) in [6.07, 6.45) is 0. The number of hydrogen-bond donors (Lipinski definition) is 1. The van der Waals surface area contributed by atoms with Gasteiger partial charge in [0.1, 0.15) is 0 Å². The number of fused-ring (bicyclic) bond motifs is 1. The van der Waals surface area contributed by atoms with Crippen molar-refractivity contribution in [1.82, 2.24) is 14.9 Å². The van der Waals surface area contributed by atoms with E-state index < -0.39 is 0 Å². The van der Waals surface area contributed by atoms with Crippen molar-refractivity contribution in [2.75, 3.05) is 5.75 Å². The Morgan fingerprint density at radius 3 is 2.58 bits per heavy atom. The predicted molar refractivity (Wildman–Crippen MR) is 136 cm³/mol. The van der Waals surface area contributed by atoms with Gasteiger partial charge in [-0.15, -0.1) is 0 Å². The number of nitrogens with zero attached hydrogens (tertiary/aromatic N) is 2. The minimum absolute atomic E-state index is 0.0980. The molecular formula is C25H21Cl2N3O2S. The highest BCUT2D eigenvalue weighted by molar-refractivity contribution is 7.99. The van der Waals surface area contributed by atoms with Gasteiger partial charge in [-0.05, 0) is 66.9 Å². The molecule has 1 heterocycles. The second-order valence-electron chi connectivity index (χ2n) is 7.62. The Bertz CT molecular complexity index is 1420. The first-order valence-electron chi connectivity index (χ1n) is 10.3. The van der Waals surface area contributed by atoms with Crippen LogP contribution in [0.25, 0.3) is 16.6 Å². The highest BCUT2D eigenvalue weighted by Crippen LogP contribution is 2.23. The molecule has 0 radical (unpaired) electrons. The summed E-state index contributed by atoms with van der Waals surface area (Å²) in [5.74, 6) is -0.0963. The SMILES string of the molecule is Cc1ccc(-n2c(SCC(=O)NCc3ccc(Cl)cc3Cl)nc3ccccc3c2=O)cc1C. The first-order valence-corrected chi connectivity index (χ1v) is 12.0. The van der Waals surface area contributed by atoms with Crippen LogP contribution in [-0.4, -0.2) is 21.2 Å². The number of hydrogen-bond acceptors (Lipinski definition) is 4. The summed E-state index contributed by atoms with van der Waals surface area (Å²) < 4.78 is 1.57. The lowest BCUT2D eigenvalue weighted by Gasteiger charge is -2.14. The van der Waals surface area contributed by atoms with Crippen molar-refractivity contribution < 1.29 is 4.79 Å². The number of halogens is 2. The number of benzene rings is 3. The Labute approximate surface area is 205 Å². The van der Waals surface area contributed by atoms with Crippen molar-refractivity contribution in [3.8, 4) is 5.69 Å².